The van der Waals surface area contributed by atoms with Crippen LogP contribution in [-0.4, -0.2) is 7.11 Å². The zero-order valence-electron chi connectivity index (χ0n) is 11.7. The van der Waals surface area contributed by atoms with Crippen molar-refractivity contribution in [2.24, 2.45) is 0 Å². The average molecular weight is 366 g/mol. The predicted molar refractivity (Wildman–Crippen MR) is 89.9 cm³/mol. The number of ether oxygens (including phenoxy) is 1. The highest BCUT2D eigenvalue weighted by Gasteiger charge is 2.09. The van der Waals surface area contributed by atoms with Crippen molar-refractivity contribution in [2.75, 3.05) is 7.11 Å². The van der Waals surface area contributed by atoms with Crippen LogP contribution >= 0.6 is 22.6 Å². The van der Waals surface area contributed by atoms with E-state index in [1.165, 1.54) is 32.2 Å². The van der Waals surface area contributed by atoms with Gasteiger partial charge in [0.2, 0.25) is 0 Å². The molecule has 2 heteroatoms. The molecule has 0 amide bonds. The summed E-state index contributed by atoms with van der Waals surface area (Å²) in [5.41, 5.74) is 5.25. The Morgan fingerprint density at radius 3 is 2.32 bits per heavy atom. The first-order chi connectivity index (χ1) is 9.17. The average Bonchev–Trinajstić information content (AvgIpc) is 2.43. The Balaban J connectivity index is 2.39. The standard InChI is InChI=1S/C17H19IO/c1-4-5-13-6-8-14(9-7-13)15-10-11-16(19-3)17(18)12(15)2/h6-11H,4-5H2,1-3H3. The summed E-state index contributed by atoms with van der Waals surface area (Å²) in [5, 5.41) is 0. The Labute approximate surface area is 129 Å². The largest absolute Gasteiger partial charge is 0.496 e. The summed E-state index contributed by atoms with van der Waals surface area (Å²) in [4.78, 5) is 0. The van der Waals surface area contributed by atoms with Crippen LogP contribution in [0.25, 0.3) is 11.1 Å². The summed E-state index contributed by atoms with van der Waals surface area (Å²) in [6, 6.07) is 13.1. The summed E-state index contributed by atoms with van der Waals surface area (Å²) < 4.78 is 6.55. The highest BCUT2D eigenvalue weighted by atomic mass is 127. The van der Waals surface area contributed by atoms with Crippen LogP contribution in [0.4, 0.5) is 0 Å². The van der Waals surface area contributed by atoms with Gasteiger partial charge in [0.05, 0.1) is 10.7 Å². The summed E-state index contributed by atoms with van der Waals surface area (Å²) in [7, 11) is 1.72. The molecule has 0 spiro atoms. The monoisotopic (exact) mass is 366 g/mol. The molecule has 1 nitrogen and oxygen atoms in total. The van der Waals surface area contributed by atoms with E-state index in [0.717, 1.165) is 12.2 Å². The van der Waals surface area contributed by atoms with Gasteiger partial charge in [0.25, 0.3) is 0 Å². The molecule has 2 rings (SSSR count). The van der Waals surface area contributed by atoms with Crippen molar-refractivity contribution in [3.8, 4) is 16.9 Å². The van der Waals surface area contributed by atoms with Gasteiger partial charge < -0.3 is 4.74 Å². The molecule has 0 atom stereocenters. The summed E-state index contributed by atoms with van der Waals surface area (Å²) in [6.45, 7) is 4.36. The number of aryl methyl sites for hydroxylation is 1. The van der Waals surface area contributed by atoms with Crippen molar-refractivity contribution in [1.82, 2.24) is 0 Å². The van der Waals surface area contributed by atoms with Crippen LogP contribution in [0.3, 0.4) is 0 Å². The maximum Gasteiger partial charge on any atom is 0.132 e. The second-order valence-corrected chi connectivity index (χ2v) is 5.78. The van der Waals surface area contributed by atoms with Crippen molar-refractivity contribution >= 4 is 22.6 Å². The van der Waals surface area contributed by atoms with Gasteiger partial charge in [-0.05, 0) is 64.3 Å². The Morgan fingerprint density at radius 1 is 1.05 bits per heavy atom. The quantitative estimate of drug-likeness (QED) is 0.674. The third-order valence-electron chi connectivity index (χ3n) is 3.37. The molecule has 0 aliphatic carbocycles. The number of halogens is 1. The minimum atomic E-state index is 0.949. The number of rotatable bonds is 4. The first-order valence-electron chi connectivity index (χ1n) is 6.59. The zero-order valence-corrected chi connectivity index (χ0v) is 13.8. The lowest BCUT2D eigenvalue weighted by Gasteiger charge is -2.12. The van der Waals surface area contributed by atoms with Crippen molar-refractivity contribution in [1.29, 1.82) is 0 Å². The minimum Gasteiger partial charge on any atom is -0.496 e. The molecule has 0 saturated carbocycles. The van der Waals surface area contributed by atoms with Crippen LogP contribution in [-0.2, 0) is 6.42 Å². The first kappa shape index (κ1) is 14.4. The van der Waals surface area contributed by atoms with Crippen LogP contribution in [0.15, 0.2) is 36.4 Å². The van der Waals surface area contributed by atoms with E-state index >= 15 is 0 Å². The normalized spacial score (nSPS) is 10.5. The van der Waals surface area contributed by atoms with Crippen molar-refractivity contribution in [2.45, 2.75) is 26.7 Å². The van der Waals surface area contributed by atoms with Crippen LogP contribution in [0.2, 0.25) is 0 Å². The van der Waals surface area contributed by atoms with Gasteiger partial charge in [0.15, 0.2) is 0 Å². The van der Waals surface area contributed by atoms with E-state index in [9.17, 15) is 0 Å². The van der Waals surface area contributed by atoms with Gasteiger partial charge in [-0.1, -0.05) is 43.7 Å². The molecule has 0 radical (unpaired) electrons. The molecular weight excluding hydrogens is 347 g/mol. The summed E-state index contributed by atoms with van der Waals surface area (Å²) >= 11 is 2.35. The highest BCUT2D eigenvalue weighted by molar-refractivity contribution is 14.1. The zero-order chi connectivity index (χ0) is 13.8. The van der Waals surface area contributed by atoms with E-state index in [1.807, 2.05) is 6.07 Å². The van der Waals surface area contributed by atoms with Gasteiger partial charge >= 0.3 is 0 Å². The van der Waals surface area contributed by atoms with E-state index in [0.29, 0.717) is 0 Å². The van der Waals surface area contributed by atoms with Gasteiger partial charge in [-0.25, -0.2) is 0 Å². The lowest BCUT2D eigenvalue weighted by molar-refractivity contribution is 0.411. The topological polar surface area (TPSA) is 9.23 Å². The van der Waals surface area contributed by atoms with Crippen molar-refractivity contribution in [3.63, 3.8) is 0 Å². The fourth-order valence-electron chi connectivity index (χ4n) is 2.27. The number of hydrogen-bond donors (Lipinski definition) is 0. The third kappa shape index (κ3) is 3.11. The summed E-state index contributed by atoms with van der Waals surface area (Å²) in [5.74, 6) is 0.949. The van der Waals surface area contributed by atoms with Crippen LogP contribution in [0.5, 0.6) is 5.75 Å². The van der Waals surface area contributed by atoms with E-state index in [4.69, 9.17) is 4.74 Å². The highest BCUT2D eigenvalue weighted by Crippen LogP contribution is 2.32. The molecule has 0 fully saturated rings. The van der Waals surface area contributed by atoms with E-state index in [-0.39, 0.29) is 0 Å². The van der Waals surface area contributed by atoms with Gasteiger partial charge in [-0.15, -0.1) is 0 Å². The SMILES string of the molecule is CCCc1ccc(-c2ccc(OC)c(I)c2C)cc1. The molecule has 0 bridgehead atoms. The molecule has 100 valence electrons. The molecule has 0 aliphatic heterocycles. The van der Waals surface area contributed by atoms with Crippen molar-refractivity contribution < 1.29 is 4.74 Å². The molecular formula is C17H19IO. The predicted octanol–water partition coefficient (Wildman–Crippen LogP) is 5.23. The number of benzene rings is 2. The lowest BCUT2D eigenvalue weighted by Crippen LogP contribution is -1.93. The molecule has 0 aromatic heterocycles. The molecule has 0 saturated heterocycles. The Bertz CT molecular complexity index is 558. The van der Waals surface area contributed by atoms with E-state index in [2.05, 4.69) is 66.8 Å². The second kappa shape index (κ2) is 6.42. The van der Waals surface area contributed by atoms with Crippen molar-refractivity contribution in [3.05, 3.63) is 51.1 Å². The molecule has 0 N–H and O–H groups in total. The minimum absolute atomic E-state index is 0.949. The summed E-state index contributed by atoms with van der Waals surface area (Å²) in [6.07, 6.45) is 2.35. The smallest absolute Gasteiger partial charge is 0.132 e. The fourth-order valence-corrected chi connectivity index (χ4v) is 2.96. The third-order valence-corrected chi connectivity index (χ3v) is 4.72. The van der Waals surface area contributed by atoms with E-state index in [1.54, 1.807) is 7.11 Å². The Morgan fingerprint density at radius 2 is 1.74 bits per heavy atom. The van der Waals surface area contributed by atoms with Crippen LogP contribution < -0.4 is 4.74 Å². The maximum atomic E-state index is 5.36. The Kier molecular flexibility index (Phi) is 4.86. The van der Waals surface area contributed by atoms with Gasteiger partial charge in [-0.2, -0.15) is 0 Å². The molecule has 19 heavy (non-hydrogen) atoms. The number of hydrogen-bond acceptors (Lipinski definition) is 1. The van der Waals surface area contributed by atoms with Crippen LogP contribution in [0.1, 0.15) is 24.5 Å². The molecule has 0 heterocycles. The molecule has 0 aliphatic rings. The first-order valence-corrected chi connectivity index (χ1v) is 7.67. The molecule has 2 aromatic carbocycles. The van der Waals surface area contributed by atoms with Gasteiger partial charge in [-0.3, -0.25) is 0 Å². The molecule has 2 aromatic rings. The lowest BCUT2D eigenvalue weighted by atomic mass is 9.98. The Hall–Kier alpha value is -1.03. The van der Waals surface area contributed by atoms with Gasteiger partial charge in [0, 0.05) is 0 Å². The maximum absolute atomic E-state index is 5.36. The van der Waals surface area contributed by atoms with Gasteiger partial charge in [0.1, 0.15) is 5.75 Å². The second-order valence-electron chi connectivity index (χ2n) is 4.70. The number of methoxy groups -OCH3 is 1. The van der Waals surface area contributed by atoms with Crippen LogP contribution in [0, 0.1) is 10.5 Å². The fraction of sp³-hybridized carbons (Fsp3) is 0.294. The molecule has 0 unspecified atom stereocenters. The van der Waals surface area contributed by atoms with E-state index < -0.39 is 0 Å².